The van der Waals surface area contributed by atoms with Crippen molar-refractivity contribution in [2.45, 2.75) is 62.8 Å². The summed E-state index contributed by atoms with van der Waals surface area (Å²) in [5.74, 6) is 1.57. The van der Waals surface area contributed by atoms with Crippen molar-refractivity contribution in [3.8, 4) is 0 Å². The second-order valence-corrected chi connectivity index (χ2v) is 6.22. The first kappa shape index (κ1) is 11.9. The van der Waals surface area contributed by atoms with Crippen molar-refractivity contribution in [3.05, 3.63) is 0 Å². The number of hydrogen-bond acceptors (Lipinski definition) is 1. The zero-order valence-corrected chi connectivity index (χ0v) is 11.3. The lowest BCUT2D eigenvalue weighted by molar-refractivity contribution is -0.0703. The van der Waals surface area contributed by atoms with Crippen LogP contribution in [0.15, 0.2) is 0 Å². The van der Waals surface area contributed by atoms with Gasteiger partial charge in [0.1, 0.15) is 0 Å². The van der Waals surface area contributed by atoms with E-state index >= 15 is 0 Å². The molecule has 2 aliphatic rings. The summed E-state index contributed by atoms with van der Waals surface area (Å²) in [7, 11) is 0. The quantitative estimate of drug-likeness (QED) is 0.703. The topological polar surface area (TPSA) is 9.23 Å². The van der Waals surface area contributed by atoms with Crippen LogP contribution in [0.4, 0.5) is 0 Å². The minimum atomic E-state index is 0.570. The molecule has 1 heterocycles. The maximum Gasteiger partial charge on any atom is 0.0614 e. The van der Waals surface area contributed by atoms with E-state index in [1.165, 1.54) is 44.9 Å². The van der Waals surface area contributed by atoms with Gasteiger partial charge in [0.15, 0.2) is 0 Å². The van der Waals surface area contributed by atoms with Crippen LogP contribution in [0.3, 0.4) is 0 Å². The maximum absolute atomic E-state index is 6.03. The molecule has 1 saturated heterocycles. The Hall–Kier alpha value is 0.440. The van der Waals surface area contributed by atoms with Crippen LogP contribution in [0.1, 0.15) is 51.9 Å². The number of hydrogen-bond donors (Lipinski definition) is 0. The van der Waals surface area contributed by atoms with E-state index in [0.29, 0.717) is 6.10 Å². The molecule has 0 aromatic carbocycles. The fourth-order valence-corrected chi connectivity index (χ4v) is 4.12. The number of ether oxygens (including phenoxy) is 1. The van der Waals surface area contributed by atoms with Crippen molar-refractivity contribution < 1.29 is 4.74 Å². The van der Waals surface area contributed by atoms with Gasteiger partial charge in [0.05, 0.1) is 12.7 Å². The Morgan fingerprint density at radius 2 is 2.07 bits per heavy atom. The van der Waals surface area contributed by atoms with E-state index in [2.05, 4.69) is 22.9 Å². The van der Waals surface area contributed by atoms with Crippen LogP contribution in [0.25, 0.3) is 0 Å². The highest BCUT2D eigenvalue weighted by atomic mass is 79.9. The van der Waals surface area contributed by atoms with Gasteiger partial charge in [-0.05, 0) is 31.1 Å². The average molecular weight is 275 g/mol. The number of fused-ring (bicyclic) bond motifs is 1. The Balaban J connectivity index is 1.89. The predicted octanol–water partition coefficient (Wildman–Crippen LogP) is 4.15. The van der Waals surface area contributed by atoms with Gasteiger partial charge in [0.2, 0.25) is 0 Å². The van der Waals surface area contributed by atoms with Gasteiger partial charge in [-0.3, -0.25) is 0 Å². The summed E-state index contributed by atoms with van der Waals surface area (Å²) >= 11 is 3.95. The molecule has 0 spiro atoms. The van der Waals surface area contributed by atoms with Crippen LogP contribution in [-0.2, 0) is 4.74 Å². The molecule has 2 heteroatoms. The van der Waals surface area contributed by atoms with E-state index in [1.807, 2.05) is 0 Å². The van der Waals surface area contributed by atoms with Crippen molar-refractivity contribution in [2.24, 2.45) is 11.8 Å². The predicted molar refractivity (Wildman–Crippen MR) is 67.4 cm³/mol. The molecule has 4 atom stereocenters. The van der Waals surface area contributed by atoms with Gasteiger partial charge in [-0.15, -0.1) is 0 Å². The Morgan fingerprint density at radius 3 is 2.87 bits per heavy atom. The highest BCUT2D eigenvalue weighted by molar-refractivity contribution is 9.09. The molecule has 1 aliphatic heterocycles. The lowest BCUT2D eigenvalue weighted by atomic mass is 9.77. The van der Waals surface area contributed by atoms with Crippen molar-refractivity contribution in [2.75, 3.05) is 6.61 Å². The summed E-state index contributed by atoms with van der Waals surface area (Å²) in [6.45, 7) is 3.27. The van der Waals surface area contributed by atoms with Crippen molar-refractivity contribution in [1.82, 2.24) is 0 Å². The van der Waals surface area contributed by atoms with Crippen molar-refractivity contribution in [3.63, 3.8) is 0 Å². The summed E-state index contributed by atoms with van der Waals surface area (Å²) in [6, 6.07) is 0. The van der Waals surface area contributed by atoms with Gasteiger partial charge < -0.3 is 4.74 Å². The molecule has 2 rings (SSSR count). The third kappa shape index (κ3) is 2.76. The zero-order valence-electron chi connectivity index (χ0n) is 9.75. The van der Waals surface area contributed by atoms with E-state index in [9.17, 15) is 0 Å². The second kappa shape index (κ2) is 5.67. The third-order valence-electron chi connectivity index (χ3n) is 4.07. The summed E-state index contributed by atoms with van der Waals surface area (Å²) in [5, 5.41) is 0. The van der Waals surface area contributed by atoms with E-state index < -0.39 is 0 Å². The molecule has 1 saturated carbocycles. The van der Waals surface area contributed by atoms with Crippen LogP contribution in [0.2, 0.25) is 0 Å². The summed E-state index contributed by atoms with van der Waals surface area (Å²) in [5.41, 5.74) is 0. The van der Waals surface area contributed by atoms with Gasteiger partial charge >= 0.3 is 0 Å². The monoisotopic (exact) mass is 274 g/mol. The Kier molecular flexibility index (Phi) is 4.51. The fraction of sp³-hybridized carbons (Fsp3) is 1.00. The number of alkyl halides is 1. The highest BCUT2D eigenvalue weighted by Gasteiger charge is 2.39. The van der Waals surface area contributed by atoms with E-state index in [1.54, 1.807) is 0 Å². The van der Waals surface area contributed by atoms with Gasteiger partial charge in [-0.2, -0.15) is 0 Å². The van der Waals surface area contributed by atoms with Crippen molar-refractivity contribution in [1.29, 1.82) is 0 Å². The van der Waals surface area contributed by atoms with Gasteiger partial charge in [0.25, 0.3) is 0 Å². The minimum Gasteiger partial charge on any atom is -0.378 e. The first-order chi connectivity index (χ1) is 7.33. The Bertz CT molecular complexity index is 195. The summed E-state index contributed by atoms with van der Waals surface area (Å²) < 4.78 is 6.03. The molecular weight excluding hydrogens is 252 g/mol. The molecule has 2 fully saturated rings. The molecular formula is C13H23BrO. The standard InChI is InChI=1S/C13H23BrO/c1-2-3-6-10-9-15-12-8-5-4-7-11(12)13(10)14/h10-13H,2-9H2,1H3/t10-,11-,12-,13+/m0/s1. The van der Waals surface area contributed by atoms with E-state index in [4.69, 9.17) is 4.74 Å². The zero-order chi connectivity index (χ0) is 10.7. The van der Waals surface area contributed by atoms with Crippen LogP contribution < -0.4 is 0 Å². The molecule has 0 amide bonds. The first-order valence-electron chi connectivity index (χ1n) is 6.58. The summed E-state index contributed by atoms with van der Waals surface area (Å²) in [6.07, 6.45) is 10.0. The maximum atomic E-state index is 6.03. The molecule has 0 aromatic heterocycles. The van der Waals surface area contributed by atoms with Gasteiger partial charge in [-0.1, -0.05) is 48.5 Å². The molecule has 1 nitrogen and oxygen atoms in total. The lowest BCUT2D eigenvalue weighted by Crippen LogP contribution is -2.44. The molecule has 0 radical (unpaired) electrons. The molecule has 0 aromatic rings. The highest BCUT2D eigenvalue weighted by Crippen LogP contribution is 2.41. The molecule has 0 N–H and O–H groups in total. The minimum absolute atomic E-state index is 0.570. The number of rotatable bonds is 3. The number of unbranched alkanes of at least 4 members (excludes halogenated alkanes) is 1. The van der Waals surface area contributed by atoms with E-state index in [-0.39, 0.29) is 0 Å². The molecule has 1 aliphatic carbocycles. The van der Waals surface area contributed by atoms with Crippen LogP contribution in [0.5, 0.6) is 0 Å². The molecule has 15 heavy (non-hydrogen) atoms. The largest absolute Gasteiger partial charge is 0.378 e. The third-order valence-corrected chi connectivity index (χ3v) is 5.49. The van der Waals surface area contributed by atoms with Gasteiger partial charge in [-0.25, -0.2) is 0 Å². The molecule has 0 bridgehead atoms. The Morgan fingerprint density at radius 1 is 1.27 bits per heavy atom. The SMILES string of the molecule is CCCC[C@H]1CO[C@H]2CCCC[C@@H]2[C@@H]1Br. The summed E-state index contributed by atoms with van der Waals surface area (Å²) in [4.78, 5) is 0.725. The van der Waals surface area contributed by atoms with Gasteiger partial charge in [0, 0.05) is 4.83 Å². The lowest BCUT2D eigenvalue weighted by Gasteiger charge is -2.43. The average Bonchev–Trinajstić information content (AvgIpc) is 2.29. The van der Waals surface area contributed by atoms with E-state index in [0.717, 1.165) is 23.3 Å². The normalized spacial score (nSPS) is 41.2. The molecule has 88 valence electrons. The Labute approximate surface area is 102 Å². The fourth-order valence-electron chi connectivity index (χ4n) is 3.09. The smallest absolute Gasteiger partial charge is 0.0614 e. The first-order valence-corrected chi connectivity index (χ1v) is 7.50. The van der Waals surface area contributed by atoms with Crippen LogP contribution >= 0.6 is 15.9 Å². The van der Waals surface area contributed by atoms with Crippen LogP contribution in [0, 0.1) is 11.8 Å². The number of halogens is 1. The van der Waals surface area contributed by atoms with Crippen LogP contribution in [-0.4, -0.2) is 17.5 Å². The van der Waals surface area contributed by atoms with Crippen molar-refractivity contribution >= 4 is 15.9 Å². The second-order valence-electron chi connectivity index (χ2n) is 5.17. The molecule has 0 unspecified atom stereocenters.